The van der Waals surface area contributed by atoms with Crippen molar-refractivity contribution in [3.05, 3.63) is 36.4 Å². The molecule has 0 bridgehead atoms. The van der Waals surface area contributed by atoms with E-state index in [1.165, 1.54) is 0 Å². The standard InChI is InChI=1S/C18H29N5O2S.4ClH/c1-22(2)17-7-3-6-16-15(17)5-4-8-18(16)26(24,25)21-11-14-23(12-9-19)13-10-20;;;;/h3-8,21H,9-14,19-20H2,1-2H3;4*1H. The monoisotopic (exact) mass is 523 g/mol. The molecule has 7 nitrogen and oxygen atoms in total. The van der Waals surface area contributed by atoms with Gasteiger partial charge in [-0.15, -0.1) is 49.6 Å². The lowest BCUT2D eigenvalue weighted by Crippen LogP contribution is -2.39. The first-order valence-electron chi connectivity index (χ1n) is 8.72. The van der Waals surface area contributed by atoms with Crippen LogP contribution in [0, 0.1) is 0 Å². The van der Waals surface area contributed by atoms with Gasteiger partial charge in [-0.1, -0.05) is 24.3 Å². The van der Waals surface area contributed by atoms with Gasteiger partial charge in [0.1, 0.15) is 0 Å². The smallest absolute Gasteiger partial charge is 0.241 e. The number of nitrogens with two attached hydrogens (primary N) is 2. The minimum absolute atomic E-state index is 0. The maximum Gasteiger partial charge on any atom is 0.241 e. The van der Waals surface area contributed by atoms with Gasteiger partial charge < -0.3 is 16.4 Å². The average molecular weight is 525 g/mol. The van der Waals surface area contributed by atoms with Crippen LogP contribution in [0.3, 0.4) is 0 Å². The largest absolute Gasteiger partial charge is 0.377 e. The van der Waals surface area contributed by atoms with Crippen LogP contribution in [-0.4, -0.2) is 66.7 Å². The SMILES string of the molecule is CN(C)c1cccc2c(S(=O)(=O)NCCN(CCN)CCN)cccc12.Cl.Cl.Cl.Cl. The summed E-state index contributed by atoms with van der Waals surface area (Å²) in [7, 11) is 0.272. The van der Waals surface area contributed by atoms with E-state index in [1.54, 1.807) is 12.1 Å². The van der Waals surface area contributed by atoms with Gasteiger partial charge >= 0.3 is 0 Å². The summed E-state index contributed by atoms with van der Waals surface area (Å²) in [5, 5.41) is 1.63. The number of nitrogens with one attached hydrogen (secondary N) is 1. The van der Waals surface area contributed by atoms with E-state index >= 15 is 0 Å². The predicted octanol–water partition coefficient (Wildman–Crippen LogP) is 2.09. The summed E-state index contributed by atoms with van der Waals surface area (Å²) in [4.78, 5) is 4.32. The van der Waals surface area contributed by atoms with Crippen LogP contribution in [0.2, 0.25) is 0 Å². The number of fused-ring (bicyclic) bond motifs is 1. The number of benzene rings is 2. The predicted molar refractivity (Wildman–Crippen MR) is 137 cm³/mol. The molecule has 12 heteroatoms. The van der Waals surface area contributed by atoms with E-state index in [1.807, 2.05) is 43.3 Å². The van der Waals surface area contributed by atoms with Gasteiger partial charge in [-0.25, -0.2) is 13.1 Å². The summed E-state index contributed by atoms with van der Waals surface area (Å²) in [6.07, 6.45) is 0. The van der Waals surface area contributed by atoms with Crippen molar-refractivity contribution in [2.75, 3.05) is 58.3 Å². The number of sulfonamides is 1. The van der Waals surface area contributed by atoms with Gasteiger partial charge in [0.15, 0.2) is 0 Å². The highest BCUT2D eigenvalue weighted by Crippen LogP contribution is 2.29. The average Bonchev–Trinajstić information content (AvgIpc) is 2.60. The van der Waals surface area contributed by atoms with Crippen LogP contribution in [0.25, 0.3) is 10.8 Å². The second-order valence-electron chi connectivity index (χ2n) is 6.34. The molecule has 2 aromatic carbocycles. The molecule has 0 spiro atoms. The fourth-order valence-corrected chi connectivity index (χ4v) is 4.25. The topological polar surface area (TPSA) is 105 Å². The summed E-state index contributed by atoms with van der Waals surface area (Å²) in [6, 6.07) is 11.0. The zero-order valence-corrected chi connectivity index (χ0v) is 21.2. The molecule has 0 aliphatic rings. The Kier molecular flexibility index (Phi) is 18.3. The van der Waals surface area contributed by atoms with E-state index in [-0.39, 0.29) is 49.6 Å². The Hall–Kier alpha value is -0.550. The van der Waals surface area contributed by atoms with Crippen LogP contribution in [0.15, 0.2) is 41.3 Å². The van der Waals surface area contributed by atoms with Crippen molar-refractivity contribution in [1.29, 1.82) is 0 Å². The summed E-state index contributed by atoms with van der Waals surface area (Å²) in [5.74, 6) is 0. The molecule has 0 atom stereocenters. The normalized spacial score (nSPS) is 10.4. The highest BCUT2D eigenvalue weighted by molar-refractivity contribution is 7.89. The first kappa shape index (κ1) is 34.1. The number of rotatable bonds is 10. The first-order valence-corrected chi connectivity index (χ1v) is 10.2. The zero-order valence-electron chi connectivity index (χ0n) is 17.1. The summed E-state index contributed by atoms with van der Waals surface area (Å²) >= 11 is 0. The lowest BCUT2D eigenvalue weighted by atomic mass is 10.1. The Labute approximate surface area is 204 Å². The van der Waals surface area contributed by atoms with Crippen LogP contribution >= 0.6 is 49.6 Å². The first-order chi connectivity index (χ1) is 12.4. The molecule has 0 radical (unpaired) electrons. The van der Waals surface area contributed by atoms with Crippen LogP contribution in [-0.2, 0) is 10.0 Å². The Morgan fingerprint density at radius 2 is 1.37 bits per heavy atom. The van der Waals surface area contributed by atoms with Gasteiger partial charge in [-0.2, -0.15) is 0 Å². The number of nitrogens with zero attached hydrogens (tertiary/aromatic N) is 2. The molecule has 0 aliphatic carbocycles. The van der Waals surface area contributed by atoms with E-state index in [0.29, 0.717) is 49.6 Å². The van der Waals surface area contributed by atoms with E-state index in [0.717, 1.165) is 11.1 Å². The maximum absolute atomic E-state index is 12.8. The van der Waals surface area contributed by atoms with E-state index < -0.39 is 10.0 Å². The fraction of sp³-hybridized carbons (Fsp3) is 0.444. The van der Waals surface area contributed by atoms with Crippen molar-refractivity contribution in [2.24, 2.45) is 11.5 Å². The molecule has 176 valence electrons. The van der Waals surface area contributed by atoms with Crippen molar-refractivity contribution < 1.29 is 8.42 Å². The van der Waals surface area contributed by atoms with Crippen LogP contribution in [0.1, 0.15) is 0 Å². The quantitative estimate of drug-likeness (QED) is 0.439. The van der Waals surface area contributed by atoms with Gasteiger partial charge in [0.05, 0.1) is 4.90 Å². The molecule has 0 fully saturated rings. The van der Waals surface area contributed by atoms with Gasteiger partial charge in [-0.05, 0) is 12.1 Å². The van der Waals surface area contributed by atoms with Crippen molar-refractivity contribution in [3.63, 3.8) is 0 Å². The molecule has 5 N–H and O–H groups in total. The van der Waals surface area contributed by atoms with Gasteiger partial charge in [0.25, 0.3) is 0 Å². The molecular weight excluding hydrogens is 492 g/mol. The molecule has 0 saturated heterocycles. The molecule has 0 aromatic heterocycles. The molecule has 2 aromatic rings. The second kappa shape index (κ2) is 16.1. The summed E-state index contributed by atoms with van der Waals surface area (Å²) in [5.41, 5.74) is 12.2. The number of anilines is 1. The van der Waals surface area contributed by atoms with Crippen LogP contribution < -0.4 is 21.1 Å². The fourth-order valence-electron chi connectivity index (χ4n) is 3.01. The van der Waals surface area contributed by atoms with Crippen molar-refractivity contribution in [2.45, 2.75) is 4.90 Å². The maximum atomic E-state index is 12.8. The Morgan fingerprint density at radius 1 is 0.833 bits per heavy atom. The van der Waals surface area contributed by atoms with Gasteiger partial charge in [0, 0.05) is 69.8 Å². The van der Waals surface area contributed by atoms with Gasteiger partial charge in [0.2, 0.25) is 10.0 Å². The summed E-state index contributed by atoms with van der Waals surface area (Å²) in [6.45, 7) is 3.30. The molecule has 0 amide bonds. The van der Waals surface area contributed by atoms with Crippen molar-refractivity contribution in [1.82, 2.24) is 9.62 Å². The lowest BCUT2D eigenvalue weighted by Gasteiger charge is -2.21. The molecule has 0 saturated carbocycles. The van der Waals surface area contributed by atoms with Crippen LogP contribution in [0.4, 0.5) is 5.69 Å². The minimum atomic E-state index is -3.61. The Morgan fingerprint density at radius 3 is 1.90 bits per heavy atom. The zero-order chi connectivity index (χ0) is 19.2. The molecular formula is C18H33Cl4N5O2S. The lowest BCUT2D eigenvalue weighted by molar-refractivity contribution is 0.293. The third-order valence-corrected chi connectivity index (χ3v) is 5.76. The minimum Gasteiger partial charge on any atom is -0.377 e. The van der Waals surface area contributed by atoms with Gasteiger partial charge in [-0.3, -0.25) is 4.90 Å². The number of hydrogen-bond donors (Lipinski definition) is 3. The molecule has 0 aliphatic heterocycles. The number of halogens is 4. The Balaban J connectivity index is -0.00000182. The van der Waals surface area contributed by atoms with E-state index in [2.05, 4.69) is 9.62 Å². The van der Waals surface area contributed by atoms with Crippen molar-refractivity contribution in [3.8, 4) is 0 Å². The van der Waals surface area contributed by atoms with Crippen LogP contribution in [0.5, 0.6) is 0 Å². The Bertz CT molecular complexity index is 834. The third kappa shape index (κ3) is 8.90. The summed E-state index contributed by atoms with van der Waals surface area (Å²) < 4.78 is 28.4. The molecule has 0 unspecified atom stereocenters. The van der Waals surface area contributed by atoms with E-state index in [4.69, 9.17) is 11.5 Å². The molecule has 2 rings (SSSR count). The third-order valence-electron chi connectivity index (χ3n) is 4.24. The molecule has 0 heterocycles. The highest BCUT2D eigenvalue weighted by atomic mass is 35.5. The molecule has 30 heavy (non-hydrogen) atoms. The van der Waals surface area contributed by atoms with E-state index in [9.17, 15) is 8.42 Å². The van der Waals surface area contributed by atoms with Crippen molar-refractivity contribution >= 4 is 76.1 Å². The number of hydrogen-bond acceptors (Lipinski definition) is 6. The second-order valence-corrected chi connectivity index (χ2v) is 8.07. The highest BCUT2D eigenvalue weighted by Gasteiger charge is 2.18.